The molecule has 1 atom stereocenters. The molecule has 2 N–H and O–H groups in total. The van der Waals surface area contributed by atoms with Gasteiger partial charge in [-0.15, -0.1) is 0 Å². The van der Waals surface area contributed by atoms with Gasteiger partial charge in [-0.05, 0) is 43.4 Å². The van der Waals surface area contributed by atoms with Gasteiger partial charge in [0.1, 0.15) is 0 Å². The number of hydrogen-bond donors (Lipinski definition) is 2. The van der Waals surface area contributed by atoms with Crippen molar-refractivity contribution in [2.75, 3.05) is 13.1 Å². The monoisotopic (exact) mass is 280 g/mol. The smallest absolute Gasteiger partial charge is 0.221 e. The molecule has 1 aromatic rings. The zero-order valence-electron chi connectivity index (χ0n) is 11.3. The maximum absolute atomic E-state index is 11.4. The van der Waals surface area contributed by atoms with E-state index in [0.29, 0.717) is 24.9 Å². The third-order valence-electron chi connectivity index (χ3n) is 3.41. The molecule has 0 bridgehead atoms. The van der Waals surface area contributed by atoms with Crippen LogP contribution in [-0.2, 0) is 4.79 Å². The minimum atomic E-state index is 0.112. The van der Waals surface area contributed by atoms with Gasteiger partial charge in [0.05, 0.1) is 0 Å². The van der Waals surface area contributed by atoms with E-state index in [-0.39, 0.29) is 5.91 Å². The lowest BCUT2D eigenvalue weighted by Crippen LogP contribution is -2.30. The van der Waals surface area contributed by atoms with Gasteiger partial charge in [0.25, 0.3) is 0 Å². The zero-order chi connectivity index (χ0) is 13.7. The second kappa shape index (κ2) is 6.92. The highest BCUT2D eigenvalue weighted by atomic mass is 35.5. The molecular weight excluding hydrogens is 260 g/mol. The predicted octanol–water partition coefficient (Wildman–Crippen LogP) is 2.91. The Morgan fingerprint density at radius 1 is 1.37 bits per heavy atom. The number of rotatable bonds is 7. The van der Waals surface area contributed by atoms with Crippen LogP contribution < -0.4 is 10.6 Å². The van der Waals surface area contributed by atoms with Crippen molar-refractivity contribution in [1.29, 1.82) is 0 Å². The van der Waals surface area contributed by atoms with Gasteiger partial charge in [-0.2, -0.15) is 0 Å². The summed E-state index contributed by atoms with van der Waals surface area (Å²) in [6, 6.07) is 8.36. The third kappa shape index (κ3) is 4.51. The molecule has 1 aliphatic carbocycles. The summed E-state index contributed by atoms with van der Waals surface area (Å²) in [6.07, 6.45) is 3.06. The highest BCUT2D eigenvalue weighted by Gasteiger charge is 2.31. The molecule has 0 saturated heterocycles. The molecule has 3 nitrogen and oxygen atoms in total. The minimum Gasteiger partial charge on any atom is -0.356 e. The van der Waals surface area contributed by atoms with E-state index >= 15 is 0 Å². The molecule has 19 heavy (non-hydrogen) atoms. The van der Waals surface area contributed by atoms with E-state index in [2.05, 4.69) is 22.8 Å². The van der Waals surface area contributed by atoms with Crippen molar-refractivity contribution in [2.45, 2.75) is 32.2 Å². The Balaban J connectivity index is 1.86. The average Bonchev–Trinajstić information content (AvgIpc) is 3.21. The van der Waals surface area contributed by atoms with Gasteiger partial charge >= 0.3 is 0 Å². The standard InChI is InChI=1S/C15H21ClN2O/c1-2-17-14(19)9-10-18-15(11-3-4-11)12-5-7-13(16)8-6-12/h5-8,11,15,18H,2-4,9-10H2,1H3,(H,17,19). The number of benzene rings is 1. The van der Waals surface area contributed by atoms with Gasteiger partial charge in [-0.3, -0.25) is 4.79 Å². The van der Waals surface area contributed by atoms with Crippen molar-refractivity contribution >= 4 is 17.5 Å². The van der Waals surface area contributed by atoms with Gasteiger partial charge in [-0.25, -0.2) is 0 Å². The summed E-state index contributed by atoms with van der Waals surface area (Å²) in [5, 5.41) is 7.08. The summed E-state index contributed by atoms with van der Waals surface area (Å²) in [5.41, 5.74) is 1.27. The van der Waals surface area contributed by atoms with E-state index in [1.807, 2.05) is 19.1 Å². The summed E-state index contributed by atoms with van der Waals surface area (Å²) in [4.78, 5) is 11.4. The first-order valence-electron chi connectivity index (χ1n) is 6.96. The summed E-state index contributed by atoms with van der Waals surface area (Å²) in [6.45, 7) is 3.35. The maximum Gasteiger partial charge on any atom is 0.221 e. The molecule has 0 aliphatic heterocycles. The Morgan fingerprint density at radius 3 is 2.63 bits per heavy atom. The fourth-order valence-corrected chi connectivity index (χ4v) is 2.41. The van der Waals surface area contributed by atoms with Gasteiger partial charge in [0.15, 0.2) is 0 Å². The molecule has 2 rings (SSSR count). The second-order valence-electron chi connectivity index (χ2n) is 5.02. The first-order valence-corrected chi connectivity index (χ1v) is 7.34. The fourth-order valence-electron chi connectivity index (χ4n) is 2.28. The van der Waals surface area contributed by atoms with Crippen LogP contribution in [0.2, 0.25) is 5.02 Å². The number of carbonyl (C=O) groups is 1. The van der Waals surface area contributed by atoms with Crippen molar-refractivity contribution in [3.8, 4) is 0 Å². The summed E-state index contributed by atoms with van der Waals surface area (Å²) >= 11 is 5.92. The summed E-state index contributed by atoms with van der Waals surface area (Å²) < 4.78 is 0. The first kappa shape index (κ1) is 14.4. The molecular formula is C15H21ClN2O. The van der Waals surface area contributed by atoms with E-state index in [0.717, 1.165) is 11.6 Å². The SMILES string of the molecule is CCNC(=O)CCNC(c1ccc(Cl)cc1)C1CC1. The highest BCUT2D eigenvalue weighted by Crippen LogP contribution is 2.41. The average molecular weight is 281 g/mol. The van der Waals surface area contributed by atoms with Crippen molar-refractivity contribution in [3.05, 3.63) is 34.9 Å². The minimum absolute atomic E-state index is 0.112. The van der Waals surface area contributed by atoms with Gasteiger partial charge < -0.3 is 10.6 Å². The molecule has 1 fully saturated rings. The van der Waals surface area contributed by atoms with E-state index in [1.165, 1.54) is 18.4 Å². The summed E-state index contributed by atoms with van der Waals surface area (Å²) in [7, 11) is 0. The lowest BCUT2D eigenvalue weighted by molar-refractivity contribution is -0.120. The van der Waals surface area contributed by atoms with Crippen LogP contribution in [-0.4, -0.2) is 19.0 Å². The largest absolute Gasteiger partial charge is 0.356 e. The van der Waals surface area contributed by atoms with Crippen molar-refractivity contribution < 1.29 is 4.79 Å². The molecule has 0 radical (unpaired) electrons. The van der Waals surface area contributed by atoms with Gasteiger partial charge in [0.2, 0.25) is 5.91 Å². The van der Waals surface area contributed by atoms with Gasteiger partial charge in [-0.1, -0.05) is 23.7 Å². The summed E-state index contributed by atoms with van der Waals surface area (Å²) in [5.74, 6) is 0.816. The van der Waals surface area contributed by atoms with E-state index in [9.17, 15) is 4.79 Å². The molecule has 0 heterocycles. The molecule has 1 aliphatic rings. The fraction of sp³-hybridized carbons (Fsp3) is 0.533. The van der Waals surface area contributed by atoms with Gasteiger partial charge in [0, 0.05) is 30.6 Å². The topological polar surface area (TPSA) is 41.1 Å². The molecule has 0 aromatic heterocycles. The Labute approximate surface area is 119 Å². The zero-order valence-corrected chi connectivity index (χ0v) is 12.0. The lowest BCUT2D eigenvalue weighted by Gasteiger charge is -2.18. The van der Waals surface area contributed by atoms with Crippen LogP contribution >= 0.6 is 11.6 Å². The van der Waals surface area contributed by atoms with Crippen LogP contribution in [0.5, 0.6) is 0 Å². The van der Waals surface area contributed by atoms with Crippen LogP contribution in [0.3, 0.4) is 0 Å². The van der Waals surface area contributed by atoms with Crippen LogP contribution in [0.1, 0.15) is 37.8 Å². The molecule has 104 valence electrons. The molecule has 4 heteroatoms. The molecule has 1 unspecified atom stereocenters. The van der Waals surface area contributed by atoms with E-state index in [1.54, 1.807) is 0 Å². The molecule has 1 aromatic carbocycles. The Bertz CT molecular complexity index is 415. The van der Waals surface area contributed by atoms with E-state index in [4.69, 9.17) is 11.6 Å². The van der Waals surface area contributed by atoms with Crippen molar-refractivity contribution in [3.63, 3.8) is 0 Å². The van der Waals surface area contributed by atoms with E-state index < -0.39 is 0 Å². The van der Waals surface area contributed by atoms with Crippen LogP contribution in [0.4, 0.5) is 0 Å². The van der Waals surface area contributed by atoms with Crippen LogP contribution in [0.25, 0.3) is 0 Å². The lowest BCUT2D eigenvalue weighted by atomic mass is 10.0. The van der Waals surface area contributed by atoms with Crippen LogP contribution in [0.15, 0.2) is 24.3 Å². The molecule has 1 saturated carbocycles. The Kier molecular flexibility index (Phi) is 5.23. The quantitative estimate of drug-likeness (QED) is 0.806. The third-order valence-corrected chi connectivity index (χ3v) is 3.66. The molecule has 0 spiro atoms. The number of amides is 1. The number of carbonyl (C=O) groups excluding carboxylic acids is 1. The van der Waals surface area contributed by atoms with Crippen molar-refractivity contribution in [1.82, 2.24) is 10.6 Å². The Morgan fingerprint density at radius 2 is 2.05 bits per heavy atom. The number of nitrogens with one attached hydrogen (secondary N) is 2. The number of hydrogen-bond acceptors (Lipinski definition) is 2. The predicted molar refractivity (Wildman–Crippen MR) is 78.2 cm³/mol. The number of halogens is 1. The first-order chi connectivity index (χ1) is 9.20. The highest BCUT2D eigenvalue weighted by molar-refractivity contribution is 6.30. The molecule has 1 amide bonds. The normalized spacial score (nSPS) is 16.1. The van der Waals surface area contributed by atoms with Crippen molar-refractivity contribution in [2.24, 2.45) is 5.92 Å². The second-order valence-corrected chi connectivity index (χ2v) is 5.46. The maximum atomic E-state index is 11.4. The Hall–Kier alpha value is -1.06. The van der Waals surface area contributed by atoms with Crippen LogP contribution in [0, 0.1) is 5.92 Å².